The molecule has 2 aromatic carbocycles. The number of benzene rings is 2. The second-order valence-corrected chi connectivity index (χ2v) is 7.11. The summed E-state index contributed by atoms with van der Waals surface area (Å²) >= 11 is 0. The molecule has 1 aliphatic carbocycles. The minimum absolute atomic E-state index is 0.117. The van der Waals surface area contributed by atoms with Crippen LogP contribution in [0.1, 0.15) is 17.2 Å². The topological polar surface area (TPSA) is 45.2 Å². The van der Waals surface area contributed by atoms with E-state index in [1.54, 1.807) is 20.3 Å². The van der Waals surface area contributed by atoms with Crippen molar-refractivity contribution in [3.05, 3.63) is 59.4 Å². The molecular weight excluding hydrogens is 359 g/mol. The van der Waals surface area contributed by atoms with Gasteiger partial charge < -0.3 is 19.5 Å². The van der Waals surface area contributed by atoms with Gasteiger partial charge in [0.25, 0.3) is 0 Å². The summed E-state index contributed by atoms with van der Waals surface area (Å²) in [6.07, 6.45) is 3.41. The second kappa shape index (κ2) is 7.81. The van der Waals surface area contributed by atoms with Gasteiger partial charge in [-0.1, -0.05) is 24.3 Å². The van der Waals surface area contributed by atoms with Crippen LogP contribution in [-0.2, 0) is 0 Å². The smallest absolute Gasteiger partial charge is 0.161 e. The van der Waals surface area contributed by atoms with Gasteiger partial charge in [-0.05, 0) is 35.4 Å². The molecule has 2 aliphatic rings. The molecule has 0 unspecified atom stereocenters. The molecule has 6 heteroatoms. The maximum atomic E-state index is 14.1. The monoisotopic (exact) mass is 384 g/mol. The van der Waals surface area contributed by atoms with E-state index in [2.05, 4.69) is 9.80 Å². The molecular formula is C22H25FN2O3. The van der Waals surface area contributed by atoms with Gasteiger partial charge in [-0.25, -0.2) is 4.39 Å². The van der Waals surface area contributed by atoms with Gasteiger partial charge in [-0.3, -0.25) is 4.90 Å². The molecule has 1 saturated heterocycles. The predicted octanol–water partition coefficient (Wildman–Crippen LogP) is 3.09. The van der Waals surface area contributed by atoms with Gasteiger partial charge >= 0.3 is 0 Å². The van der Waals surface area contributed by atoms with E-state index in [0.29, 0.717) is 17.2 Å². The molecule has 1 N–H and O–H groups in total. The summed E-state index contributed by atoms with van der Waals surface area (Å²) in [4.78, 5) is 4.31. The van der Waals surface area contributed by atoms with Crippen molar-refractivity contribution in [2.45, 2.75) is 12.1 Å². The van der Waals surface area contributed by atoms with Crippen molar-refractivity contribution in [2.75, 3.05) is 45.3 Å². The lowest BCUT2D eigenvalue weighted by Gasteiger charge is -2.42. The summed E-state index contributed by atoms with van der Waals surface area (Å²) in [7, 11) is 3.19. The summed E-state index contributed by atoms with van der Waals surface area (Å²) < 4.78 is 24.8. The average molecular weight is 384 g/mol. The molecule has 1 fully saturated rings. The van der Waals surface area contributed by atoms with Crippen LogP contribution in [0.4, 0.5) is 10.1 Å². The lowest BCUT2D eigenvalue weighted by Crippen LogP contribution is -2.52. The Hall–Kier alpha value is -2.57. The summed E-state index contributed by atoms with van der Waals surface area (Å²) in [5, 5.41) is 11.0. The maximum absolute atomic E-state index is 14.1. The van der Waals surface area contributed by atoms with Crippen molar-refractivity contribution in [3.8, 4) is 11.5 Å². The summed E-state index contributed by atoms with van der Waals surface area (Å²) in [6, 6.07) is 10.5. The largest absolute Gasteiger partial charge is 0.493 e. The van der Waals surface area contributed by atoms with Crippen molar-refractivity contribution < 1.29 is 19.0 Å². The first-order chi connectivity index (χ1) is 13.6. The van der Waals surface area contributed by atoms with Gasteiger partial charge in [0.1, 0.15) is 5.82 Å². The van der Waals surface area contributed by atoms with Crippen LogP contribution >= 0.6 is 0 Å². The molecule has 0 saturated carbocycles. The maximum Gasteiger partial charge on any atom is 0.161 e. The fourth-order valence-electron chi connectivity index (χ4n) is 4.09. The van der Waals surface area contributed by atoms with Crippen LogP contribution in [0.25, 0.3) is 6.08 Å². The fourth-order valence-corrected chi connectivity index (χ4v) is 4.09. The van der Waals surface area contributed by atoms with Gasteiger partial charge in [0, 0.05) is 26.2 Å². The van der Waals surface area contributed by atoms with Gasteiger partial charge in [-0.15, -0.1) is 0 Å². The van der Waals surface area contributed by atoms with Crippen molar-refractivity contribution in [1.82, 2.24) is 4.90 Å². The zero-order valence-corrected chi connectivity index (χ0v) is 16.1. The van der Waals surface area contributed by atoms with Gasteiger partial charge in [0.15, 0.2) is 11.5 Å². The number of aliphatic hydroxyl groups excluding tert-OH is 1. The van der Waals surface area contributed by atoms with Crippen LogP contribution in [-0.4, -0.2) is 56.4 Å². The highest BCUT2D eigenvalue weighted by Crippen LogP contribution is 2.38. The van der Waals surface area contributed by atoms with Crippen molar-refractivity contribution in [3.63, 3.8) is 0 Å². The van der Waals surface area contributed by atoms with Crippen molar-refractivity contribution in [1.29, 1.82) is 0 Å². The quantitative estimate of drug-likeness (QED) is 0.878. The predicted molar refractivity (Wildman–Crippen MR) is 108 cm³/mol. The van der Waals surface area contributed by atoms with E-state index in [0.717, 1.165) is 37.3 Å². The summed E-state index contributed by atoms with van der Waals surface area (Å²) in [5.74, 6) is 1.07. The molecule has 148 valence electrons. The number of methoxy groups -OCH3 is 2. The Kier molecular flexibility index (Phi) is 5.24. The molecule has 0 bridgehead atoms. The molecule has 0 amide bonds. The second-order valence-electron chi connectivity index (χ2n) is 7.11. The Balaban J connectivity index is 1.50. The molecule has 0 radical (unpaired) electrons. The number of halogens is 1. The number of aliphatic hydroxyl groups is 1. The lowest BCUT2D eigenvalue weighted by molar-refractivity contribution is 0.0681. The SMILES string of the molecule is COc1cc2c(cc1OC)[C@H](O)[C@@H](N1CCN(c3ccccc3F)CC1)C=C2. The van der Waals surface area contributed by atoms with Crippen LogP contribution < -0.4 is 14.4 Å². The van der Waals surface area contributed by atoms with Crippen molar-refractivity contribution >= 4 is 11.8 Å². The highest BCUT2D eigenvalue weighted by atomic mass is 19.1. The molecule has 1 aliphatic heterocycles. The Morgan fingerprint density at radius 1 is 1.00 bits per heavy atom. The van der Waals surface area contributed by atoms with E-state index < -0.39 is 6.10 Å². The van der Waals surface area contributed by atoms with E-state index in [4.69, 9.17) is 9.47 Å². The lowest BCUT2D eigenvalue weighted by atomic mass is 9.89. The Morgan fingerprint density at radius 3 is 2.36 bits per heavy atom. The normalized spacial score (nSPS) is 22.1. The minimum Gasteiger partial charge on any atom is -0.493 e. The zero-order valence-electron chi connectivity index (χ0n) is 16.1. The Bertz CT molecular complexity index is 878. The first kappa shape index (κ1) is 18.8. The number of anilines is 1. The number of nitrogens with zero attached hydrogens (tertiary/aromatic N) is 2. The number of ether oxygens (including phenoxy) is 2. The molecule has 2 atom stereocenters. The third-order valence-corrected chi connectivity index (χ3v) is 5.63. The molecule has 4 rings (SSSR count). The van der Waals surface area contributed by atoms with Gasteiger partial charge in [0.2, 0.25) is 0 Å². The van der Waals surface area contributed by atoms with Crippen LogP contribution in [0.15, 0.2) is 42.5 Å². The Labute approximate surface area is 164 Å². The molecule has 5 nitrogen and oxygen atoms in total. The van der Waals surface area contributed by atoms with Crippen molar-refractivity contribution in [2.24, 2.45) is 0 Å². The standard InChI is InChI=1S/C22H25FN2O3/c1-27-20-13-15-7-8-19(22(26)16(15)14-21(20)28-2)25-11-9-24(10-12-25)18-6-4-3-5-17(18)23/h3-8,13-14,19,22,26H,9-12H2,1-2H3/t19-,22-/m0/s1. The van der Waals surface area contributed by atoms with E-state index in [1.807, 2.05) is 36.4 Å². The molecule has 2 aromatic rings. The molecule has 28 heavy (non-hydrogen) atoms. The van der Waals surface area contributed by atoms with E-state index in [9.17, 15) is 9.50 Å². The number of fused-ring (bicyclic) bond motifs is 1. The van der Waals surface area contributed by atoms with Crippen LogP contribution in [0, 0.1) is 5.82 Å². The van der Waals surface area contributed by atoms with Crippen LogP contribution in [0.5, 0.6) is 11.5 Å². The number of para-hydroxylation sites is 1. The van der Waals surface area contributed by atoms with E-state index >= 15 is 0 Å². The number of hydrogen-bond acceptors (Lipinski definition) is 5. The first-order valence-corrected chi connectivity index (χ1v) is 9.48. The first-order valence-electron chi connectivity index (χ1n) is 9.48. The number of hydrogen-bond donors (Lipinski definition) is 1. The third kappa shape index (κ3) is 3.34. The Morgan fingerprint density at radius 2 is 1.68 bits per heavy atom. The average Bonchev–Trinajstić information content (AvgIpc) is 2.74. The third-order valence-electron chi connectivity index (χ3n) is 5.63. The number of rotatable bonds is 4. The zero-order chi connectivity index (χ0) is 19.7. The minimum atomic E-state index is -0.653. The summed E-state index contributed by atoms with van der Waals surface area (Å²) in [6.45, 7) is 2.94. The highest BCUT2D eigenvalue weighted by molar-refractivity contribution is 5.64. The van der Waals surface area contributed by atoms with Gasteiger partial charge in [0.05, 0.1) is 32.1 Å². The molecule has 1 heterocycles. The summed E-state index contributed by atoms with van der Waals surface area (Å²) in [5.41, 5.74) is 2.41. The molecule has 0 aromatic heterocycles. The molecule has 0 spiro atoms. The van der Waals surface area contributed by atoms with Crippen LogP contribution in [0.3, 0.4) is 0 Å². The fraction of sp³-hybridized carbons (Fsp3) is 0.364. The van der Waals surface area contributed by atoms with E-state index in [-0.39, 0.29) is 11.9 Å². The van der Waals surface area contributed by atoms with Crippen LogP contribution in [0.2, 0.25) is 0 Å². The van der Waals surface area contributed by atoms with Gasteiger partial charge in [-0.2, -0.15) is 0 Å². The highest BCUT2D eigenvalue weighted by Gasteiger charge is 2.32. The van der Waals surface area contributed by atoms with E-state index in [1.165, 1.54) is 6.07 Å². The number of piperazine rings is 1.